The largest absolute Gasteiger partial charge is 0.493 e. The monoisotopic (exact) mass is 501 g/mol. The summed E-state index contributed by atoms with van der Waals surface area (Å²) in [6.45, 7) is -0.0436. The van der Waals surface area contributed by atoms with Gasteiger partial charge in [0.05, 0.1) is 36.8 Å². The maximum atomic E-state index is 13.2. The zero-order chi connectivity index (χ0) is 24.8. The highest BCUT2D eigenvalue weighted by molar-refractivity contribution is 7.85. The molecule has 8 nitrogen and oxygen atoms in total. The van der Waals surface area contributed by atoms with Gasteiger partial charge < -0.3 is 13.9 Å². The van der Waals surface area contributed by atoms with Gasteiger partial charge in [-0.15, -0.1) is 0 Å². The van der Waals surface area contributed by atoms with Gasteiger partial charge in [0.2, 0.25) is 11.2 Å². The number of aromatic nitrogens is 1. The number of hydrogen-bond acceptors (Lipinski definition) is 8. The van der Waals surface area contributed by atoms with Crippen molar-refractivity contribution < 1.29 is 39.7 Å². The minimum atomic E-state index is -4.52. The molecule has 0 unspecified atom stereocenters. The summed E-state index contributed by atoms with van der Waals surface area (Å²) in [7, 11) is -3.72. The highest BCUT2D eigenvalue weighted by Gasteiger charge is 2.33. The van der Waals surface area contributed by atoms with E-state index in [-0.39, 0.29) is 35.6 Å². The fourth-order valence-corrected chi connectivity index (χ4v) is 3.42. The minimum absolute atomic E-state index is 0.0379. The molecule has 34 heavy (non-hydrogen) atoms. The fourth-order valence-electron chi connectivity index (χ4n) is 3.10. The van der Waals surface area contributed by atoms with Crippen molar-refractivity contribution in [1.82, 2.24) is 4.98 Å². The molecule has 0 radical (unpaired) electrons. The van der Waals surface area contributed by atoms with E-state index >= 15 is 0 Å². The van der Waals surface area contributed by atoms with E-state index in [0.29, 0.717) is 25.0 Å². The van der Waals surface area contributed by atoms with E-state index in [1.807, 2.05) is 0 Å². The molecule has 1 aromatic carbocycles. The molecule has 0 fully saturated rings. The van der Waals surface area contributed by atoms with Crippen LogP contribution in [-0.2, 0) is 27.1 Å². The third kappa shape index (κ3) is 6.94. The third-order valence-corrected chi connectivity index (χ3v) is 5.19. The maximum absolute atomic E-state index is 13.2. The van der Waals surface area contributed by atoms with Crippen LogP contribution in [0.15, 0.2) is 52.0 Å². The van der Waals surface area contributed by atoms with Crippen molar-refractivity contribution in [1.29, 1.82) is 0 Å². The molecule has 0 N–H and O–H groups in total. The second-order valence-corrected chi connectivity index (χ2v) is 8.91. The Morgan fingerprint density at radius 2 is 1.76 bits per heavy atom. The van der Waals surface area contributed by atoms with Gasteiger partial charge in [0, 0.05) is 17.6 Å². The number of ether oxygens (including phenoxy) is 2. The van der Waals surface area contributed by atoms with E-state index in [1.54, 1.807) is 0 Å². The van der Waals surface area contributed by atoms with Crippen LogP contribution in [0.5, 0.6) is 11.5 Å². The molecular formula is C22H22F3NO7S. The zero-order valence-electron chi connectivity index (χ0n) is 18.1. The number of alkyl halides is 3. The van der Waals surface area contributed by atoms with Crippen LogP contribution in [0.25, 0.3) is 10.9 Å². The molecule has 0 saturated heterocycles. The first-order valence-corrected chi connectivity index (χ1v) is 12.0. The summed E-state index contributed by atoms with van der Waals surface area (Å²) in [6.07, 6.45) is 0.521. The molecule has 0 bridgehead atoms. The summed E-state index contributed by atoms with van der Waals surface area (Å²) >= 11 is 0. The first kappa shape index (κ1) is 25.5. The normalized spacial score (nSPS) is 12.1. The Labute approximate surface area is 193 Å². The van der Waals surface area contributed by atoms with Crippen LogP contribution in [0, 0.1) is 0 Å². The van der Waals surface area contributed by atoms with Crippen molar-refractivity contribution in [3.8, 4) is 11.5 Å². The van der Waals surface area contributed by atoms with Crippen molar-refractivity contribution in [2.24, 2.45) is 0 Å². The molecule has 3 rings (SSSR count). The van der Waals surface area contributed by atoms with E-state index in [4.69, 9.17) is 13.9 Å². The quantitative estimate of drug-likeness (QED) is 0.283. The van der Waals surface area contributed by atoms with E-state index in [1.165, 1.54) is 24.4 Å². The summed E-state index contributed by atoms with van der Waals surface area (Å²) in [4.78, 5) is 15.8. The van der Waals surface area contributed by atoms with Gasteiger partial charge in [-0.25, -0.2) is 0 Å². The molecule has 12 heteroatoms. The van der Waals surface area contributed by atoms with E-state index in [0.717, 1.165) is 24.7 Å². The van der Waals surface area contributed by atoms with Crippen molar-refractivity contribution in [2.45, 2.75) is 32.0 Å². The molecule has 184 valence electrons. The molecular weight excluding hydrogens is 479 g/mol. The summed E-state index contributed by atoms with van der Waals surface area (Å²) < 4.78 is 82.8. The summed E-state index contributed by atoms with van der Waals surface area (Å²) in [6, 6.07) is 6.48. The van der Waals surface area contributed by atoms with Crippen LogP contribution in [-0.4, -0.2) is 32.9 Å². The lowest BCUT2D eigenvalue weighted by Gasteiger charge is -2.13. The van der Waals surface area contributed by atoms with Crippen LogP contribution in [0.3, 0.4) is 0 Å². The number of fused-ring (bicyclic) bond motifs is 1. The Bertz CT molecular complexity index is 1290. The molecule has 0 amide bonds. The van der Waals surface area contributed by atoms with Gasteiger partial charge in [0.15, 0.2) is 5.76 Å². The number of pyridine rings is 1. The third-order valence-electron chi connectivity index (χ3n) is 4.64. The smallest absolute Gasteiger partial charge is 0.418 e. The molecule has 3 aromatic rings. The Hall–Kier alpha value is -3.12. The zero-order valence-corrected chi connectivity index (χ0v) is 18.9. The molecule has 2 heterocycles. The SMILES string of the molecule is CS(=O)(=O)OCc1occc(=O)c1OCCCCCOc1ccnc2c(C(F)(F)F)cccc12. The number of benzene rings is 1. The van der Waals surface area contributed by atoms with Crippen molar-refractivity contribution in [2.75, 3.05) is 19.5 Å². The van der Waals surface area contributed by atoms with E-state index in [9.17, 15) is 26.4 Å². The van der Waals surface area contributed by atoms with Gasteiger partial charge in [-0.1, -0.05) is 6.07 Å². The number of para-hydroxylation sites is 1. The topological polar surface area (TPSA) is 105 Å². The highest BCUT2D eigenvalue weighted by Crippen LogP contribution is 2.36. The Morgan fingerprint density at radius 3 is 2.47 bits per heavy atom. The molecule has 0 aliphatic carbocycles. The summed E-state index contributed by atoms with van der Waals surface area (Å²) in [5.74, 6) is 0.153. The standard InChI is InChI=1S/C22H22F3NO7S/c1-34(28,29)33-14-19-21(17(27)9-13-31-19)32-12-4-2-3-11-30-18-8-10-26-20-15(18)6-5-7-16(20)22(23,24)25/h5-10,13H,2-4,11-12,14H2,1H3. The molecule has 0 spiro atoms. The van der Waals surface area contributed by atoms with Gasteiger partial charge in [-0.05, 0) is 37.5 Å². The Morgan fingerprint density at radius 1 is 1.03 bits per heavy atom. The molecule has 2 aromatic heterocycles. The van der Waals surface area contributed by atoms with Gasteiger partial charge >= 0.3 is 6.18 Å². The van der Waals surface area contributed by atoms with Gasteiger partial charge in [0.25, 0.3) is 10.1 Å². The lowest BCUT2D eigenvalue weighted by molar-refractivity contribution is -0.136. The second kappa shape index (κ2) is 10.9. The van der Waals surface area contributed by atoms with Gasteiger partial charge in [0.1, 0.15) is 12.4 Å². The Kier molecular flexibility index (Phi) is 8.15. The Balaban J connectivity index is 1.49. The predicted octanol–water partition coefficient (Wildman–Crippen LogP) is 4.31. The average molecular weight is 501 g/mol. The van der Waals surface area contributed by atoms with Crippen molar-refractivity contribution in [3.63, 3.8) is 0 Å². The molecule has 0 saturated carbocycles. The number of hydrogen-bond donors (Lipinski definition) is 0. The molecule has 0 aliphatic rings. The van der Waals surface area contributed by atoms with Gasteiger partial charge in [-0.3, -0.25) is 14.0 Å². The number of unbranched alkanes of at least 4 members (excludes halogenated alkanes) is 2. The number of rotatable bonds is 11. The van der Waals surface area contributed by atoms with Crippen LogP contribution in [0.2, 0.25) is 0 Å². The lowest BCUT2D eigenvalue weighted by atomic mass is 10.1. The highest BCUT2D eigenvalue weighted by atomic mass is 32.2. The summed E-state index contributed by atoms with van der Waals surface area (Å²) in [5, 5.41) is 0.278. The van der Waals surface area contributed by atoms with Crippen molar-refractivity contribution in [3.05, 3.63) is 64.3 Å². The summed E-state index contributed by atoms with van der Waals surface area (Å²) in [5.41, 5.74) is -1.46. The molecule has 0 atom stereocenters. The molecule has 0 aliphatic heterocycles. The predicted molar refractivity (Wildman–Crippen MR) is 116 cm³/mol. The number of nitrogens with zero attached hydrogens (tertiary/aromatic N) is 1. The van der Waals surface area contributed by atoms with E-state index < -0.39 is 33.9 Å². The van der Waals surface area contributed by atoms with Crippen LogP contribution in [0.4, 0.5) is 13.2 Å². The van der Waals surface area contributed by atoms with Crippen LogP contribution in [0.1, 0.15) is 30.6 Å². The van der Waals surface area contributed by atoms with E-state index in [2.05, 4.69) is 9.17 Å². The average Bonchev–Trinajstić information content (AvgIpc) is 2.76. The maximum Gasteiger partial charge on any atom is 0.418 e. The minimum Gasteiger partial charge on any atom is -0.493 e. The van der Waals surface area contributed by atoms with Gasteiger partial charge in [-0.2, -0.15) is 21.6 Å². The van der Waals surface area contributed by atoms with Crippen LogP contribution < -0.4 is 14.9 Å². The first-order chi connectivity index (χ1) is 16.1. The lowest BCUT2D eigenvalue weighted by Crippen LogP contribution is -2.13. The number of halogens is 3. The fraction of sp³-hybridized carbons (Fsp3) is 0.364. The van der Waals surface area contributed by atoms with Crippen molar-refractivity contribution >= 4 is 21.0 Å². The van der Waals surface area contributed by atoms with Crippen LogP contribution >= 0.6 is 0 Å². The first-order valence-electron chi connectivity index (χ1n) is 10.2. The second-order valence-electron chi connectivity index (χ2n) is 7.27.